The van der Waals surface area contributed by atoms with E-state index in [4.69, 9.17) is 28.0 Å². The summed E-state index contributed by atoms with van der Waals surface area (Å²) in [5.41, 5.74) is 1.08. The lowest BCUT2D eigenvalue weighted by atomic mass is 10.1. The minimum atomic E-state index is -0.426. The van der Waals surface area contributed by atoms with Gasteiger partial charge in [0.1, 0.15) is 17.3 Å². The van der Waals surface area contributed by atoms with Crippen molar-refractivity contribution in [3.8, 4) is 11.1 Å². The first-order valence-corrected chi connectivity index (χ1v) is 8.16. The first-order chi connectivity index (χ1) is 11.6. The van der Waals surface area contributed by atoms with Gasteiger partial charge >= 0.3 is 0 Å². The van der Waals surface area contributed by atoms with Crippen LogP contribution in [0.25, 0.3) is 16.9 Å². The highest BCUT2D eigenvalue weighted by molar-refractivity contribution is 6.36. The van der Waals surface area contributed by atoms with E-state index in [1.807, 2.05) is 0 Å². The monoisotopic (exact) mass is 367 g/mol. The molecule has 124 valence electrons. The quantitative estimate of drug-likeness (QED) is 0.645. The minimum absolute atomic E-state index is 0.202. The fourth-order valence-electron chi connectivity index (χ4n) is 2.72. The normalized spacial score (nSPS) is 15.2. The molecule has 1 aliphatic heterocycles. The molecule has 3 heterocycles. The maximum atomic E-state index is 13.4. The van der Waals surface area contributed by atoms with Gasteiger partial charge in [-0.2, -0.15) is 19.6 Å². The Morgan fingerprint density at radius 1 is 1.21 bits per heavy atom. The number of fused-ring (bicyclic) bond motifs is 1. The summed E-state index contributed by atoms with van der Waals surface area (Å²) >= 11 is 12.6. The van der Waals surface area contributed by atoms with Gasteiger partial charge in [0.05, 0.1) is 17.2 Å². The largest absolute Gasteiger partial charge is 0.272 e. The van der Waals surface area contributed by atoms with Crippen LogP contribution in [0.5, 0.6) is 0 Å². The number of rotatable bonds is 2. The fraction of sp³-hybridized carbons (Fsp3) is 0.267. The van der Waals surface area contributed by atoms with Gasteiger partial charge in [-0.05, 0) is 31.0 Å². The summed E-state index contributed by atoms with van der Waals surface area (Å²) in [6, 6.07) is 4.13. The topological polar surface area (TPSA) is 55.5 Å². The van der Waals surface area contributed by atoms with Gasteiger partial charge in [0.2, 0.25) is 0 Å². The lowest BCUT2D eigenvalue weighted by Gasteiger charge is -2.29. The molecule has 1 aliphatic rings. The third-order valence-electron chi connectivity index (χ3n) is 3.80. The van der Waals surface area contributed by atoms with E-state index in [2.05, 4.69) is 15.1 Å². The molecule has 0 saturated carbocycles. The second-order valence-electron chi connectivity index (χ2n) is 5.34. The molecule has 0 unspecified atom stereocenters. The zero-order valence-electron chi connectivity index (χ0n) is 12.4. The van der Waals surface area contributed by atoms with Crippen molar-refractivity contribution in [3.63, 3.8) is 0 Å². The number of aromatic nitrogens is 4. The van der Waals surface area contributed by atoms with Crippen LogP contribution in [-0.2, 0) is 4.84 Å². The molecule has 0 N–H and O–H groups in total. The van der Waals surface area contributed by atoms with Crippen molar-refractivity contribution >= 4 is 34.8 Å². The summed E-state index contributed by atoms with van der Waals surface area (Å²) in [5, 5.41) is 6.36. The third-order valence-corrected chi connectivity index (χ3v) is 4.38. The molecule has 1 fully saturated rings. The Bertz CT molecular complexity index is 910. The van der Waals surface area contributed by atoms with Crippen LogP contribution in [0.3, 0.4) is 0 Å². The zero-order valence-corrected chi connectivity index (χ0v) is 13.9. The van der Waals surface area contributed by atoms with Crippen LogP contribution < -0.4 is 5.06 Å². The minimum Gasteiger partial charge on any atom is -0.272 e. The van der Waals surface area contributed by atoms with Crippen molar-refractivity contribution in [1.29, 1.82) is 0 Å². The molecule has 0 spiro atoms. The number of hydrogen-bond acceptors (Lipinski definition) is 5. The molecule has 0 aliphatic carbocycles. The number of hydroxylamine groups is 1. The van der Waals surface area contributed by atoms with Crippen LogP contribution in [0.4, 0.5) is 10.2 Å². The van der Waals surface area contributed by atoms with Crippen LogP contribution in [0, 0.1) is 5.82 Å². The van der Waals surface area contributed by atoms with Gasteiger partial charge in [0.15, 0.2) is 5.82 Å². The molecular weight excluding hydrogens is 356 g/mol. The SMILES string of the molecule is Fc1ccc(-c2c(Cl)nc3ncnn3c2N2CCCCO2)c(Cl)c1. The molecule has 2 aromatic heterocycles. The van der Waals surface area contributed by atoms with Crippen molar-refractivity contribution in [1.82, 2.24) is 19.6 Å². The molecule has 3 aromatic rings. The van der Waals surface area contributed by atoms with Crippen LogP contribution in [-0.4, -0.2) is 32.7 Å². The smallest absolute Gasteiger partial charge is 0.255 e. The lowest BCUT2D eigenvalue weighted by Crippen LogP contribution is -2.32. The maximum Gasteiger partial charge on any atom is 0.255 e. The number of anilines is 1. The van der Waals surface area contributed by atoms with Crippen LogP contribution in [0.1, 0.15) is 12.8 Å². The van der Waals surface area contributed by atoms with Gasteiger partial charge in [-0.1, -0.05) is 23.2 Å². The van der Waals surface area contributed by atoms with Crippen LogP contribution >= 0.6 is 23.2 Å². The Kier molecular flexibility index (Phi) is 3.99. The molecule has 9 heteroatoms. The molecule has 0 radical (unpaired) electrons. The average molecular weight is 368 g/mol. The van der Waals surface area contributed by atoms with Gasteiger partial charge < -0.3 is 0 Å². The highest BCUT2D eigenvalue weighted by Crippen LogP contribution is 2.40. The second-order valence-corrected chi connectivity index (χ2v) is 6.10. The molecule has 1 saturated heterocycles. The molecule has 4 rings (SSSR count). The first kappa shape index (κ1) is 15.6. The van der Waals surface area contributed by atoms with Gasteiger partial charge in [0, 0.05) is 12.1 Å². The Hall–Kier alpha value is -1.96. The fourth-order valence-corrected chi connectivity index (χ4v) is 3.24. The summed E-state index contributed by atoms with van der Waals surface area (Å²) in [6.07, 6.45) is 3.33. The second kappa shape index (κ2) is 6.16. The Labute approximate surface area is 146 Å². The van der Waals surface area contributed by atoms with E-state index in [0.717, 1.165) is 12.8 Å². The summed E-state index contributed by atoms with van der Waals surface area (Å²) in [4.78, 5) is 14.1. The number of halogens is 3. The summed E-state index contributed by atoms with van der Waals surface area (Å²) in [7, 11) is 0. The Morgan fingerprint density at radius 2 is 2.08 bits per heavy atom. The van der Waals surface area contributed by atoms with Crippen molar-refractivity contribution in [3.05, 3.63) is 40.5 Å². The molecule has 0 amide bonds. The van der Waals surface area contributed by atoms with E-state index in [1.54, 1.807) is 15.6 Å². The van der Waals surface area contributed by atoms with E-state index in [1.165, 1.54) is 18.5 Å². The highest BCUT2D eigenvalue weighted by atomic mass is 35.5. The Balaban J connectivity index is 2.01. The molecule has 24 heavy (non-hydrogen) atoms. The molecule has 0 atom stereocenters. The lowest BCUT2D eigenvalue weighted by molar-refractivity contribution is 0.0755. The zero-order chi connectivity index (χ0) is 16.7. The van der Waals surface area contributed by atoms with E-state index in [9.17, 15) is 4.39 Å². The van der Waals surface area contributed by atoms with E-state index in [0.29, 0.717) is 35.9 Å². The third kappa shape index (κ3) is 2.58. The molecule has 6 nitrogen and oxygen atoms in total. The van der Waals surface area contributed by atoms with E-state index >= 15 is 0 Å². The Morgan fingerprint density at radius 3 is 2.83 bits per heavy atom. The van der Waals surface area contributed by atoms with E-state index in [-0.39, 0.29) is 10.2 Å². The molecule has 0 bridgehead atoms. The van der Waals surface area contributed by atoms with Gasteiger partial charge in [-0.25, -0.2) is 9.45 Å². The molecule has 1 aromatic carbocycles. The van der Waals surface area contributed by atoms with Gasteiger partial charge in [0.25, 0.3) is 5.78 Å². The van der Waals surface area contributed by atoms with Gasteiger partial charge in [-0.3, -0.25) is 4.84 Å². The van der Waals surface area contributed by atoms with Crippen molar-refractivity contribution in [2.45, 2.75) is 12.8 Å². The predicted molar refractivity (Wildman–Crippen MR) is 88.7 cm³/mol. The predicted octanol–water partition coefficient (Wildman–Crippen LogP) is 3.77. The average Bonchev–Trinajstić information content (AvgIpc) is 3.03. The number of hydrogen-bond donors (Lipinski definition) is 0. The molecular formula is C15H12Cl2FN5O. The summed E-state index contributed by atoms with van der Waals surface area (Å²) in [6.45, 7) is 1.26. The number of nitrogens with zero attached hydrogens (tertiary/aromatic N) is 5. The van der Waals surface area contributed by atoms with Crippen LogP contribution in [0.2, 0.25) is 10.2 Å². The number of benzene rings is 1. The van der Waals surface area contributed by atoms with Crippen molar-refractivity contribution in [2.24, 2.45) is 0 Å². The summed E-state index contributed by atoms with van der Waals surface area (Å²) in [5.74, 6) is 0.507. The van der Waals surface area contributed by atoms with Gasteiger partial charge in [-0.15, -0.1) is 0 Å². The summed E-state index contributed by atoms with van der Waals surface area (Å²) < 4.78 is 15.0. The standard InChI is InChI=1S/C15H12Cl2FN5O/c16-11-7-9(18)3-4-10(11)12-13(17)21-15-19-8-20-23(15)14(12)22-5-1-2-6-24-22/h3-4,7-8H,1-2,5-6H2. The first-order valence-electron chi connectivity index (χ1n) is 7.40. The van der Waals surface area contributed by atoms with Crippen molar-refractivity contribution < 1.29 is 9.23 Å². The highest BCUT2D eigenvalue weighted by Gasteiger charge is 2.26. The van der Waals surface area contributed by atoms with Crippen molar-refractivity contribution in [2.75, 3.05) is 18.2 Å². The van der Waals surface area contributed by atoms with Crippen LogP contribution in [0.15, 0.2) is 24.5 Å². The van der Waals surface area contributed by atoms with E-state index < -0.39 is 5.82 Å². The maximum absolute atomic E-state index is 13.4.